The molecule has 1 aliphatic heterocycles. The summed E-state index contributed by atoms with van der Waals surface area (Å²) in [5, 5.41) is 2.84. The van der Waals surface area contributed by atoms with E-state index in [-0.39, 0.29) is 12.2 Å². The van der Waals surface area contributed by atoms with E-state index in [1.54, 1.807) is 0 Å². The smallest absolute Gasteiger partial charge is 0.225 e. The number of aryl methyl sites for hydroxylation is 1. The molecule has 1 amide bonds. The molecule has 0 bridgehead atoms. The minimum Gasteiger partial charge on any atom is -0.350 e. The second-order valence-electron chi connectivity index (χ2n) is 4.73. The van der Waals surface area contributed by atoms with E-state index in [9.17, 15) is 4.79 Å². The molecule has 20 heavy (non-hydrogen) atoms. The van der Waals surface area contributed by atoms with Gasteiger partial charge in [0.15, 0.2) is 12.1 Å². The largest absolute Gasteiger partial charge is 0.350 e. The molecule has 2 aromatic rings. The Morgan fingerprint density at radius 1 is 1.45 bits per heavy atom. The zero-order valence-electron chi connectivity index (χ0n) is 11.3. The van der Waals surface area contributed by atoms with Crippen molar-refractivity contribution in [2.75, 3.05) is 18.5 Å². The van der Waals surface area contributed by atoms with E-state index >= 15 is 0 Å². The molecule has 1 fully saturated rings. The lowest BCUT2D eigenvalue weighted by Crippen LogP contribution is -2.16. The monoisotopic (exact) mass is 275 g/mol. The van der Waals surface area contributed by atoms with Crippen LogP contribution in [0.4, 0.5) is 5.82 Å². The van der Waals surface area contributed by atoms with Crippen LogP contribution >= 0.6 is 0 Å². The zero-order valence-corrected chi connectivity index (χ0v) is 11.3. The molecule has 3 rings (SSSR count). The highest BCUT2D eigenvalue weighted by atomic mass is 16.7. The van der Waals surface area contributed by atoms with Gasteiger partial charge in [0.25, 0.3) is 0 Å². The Bertz CT molecular complexity index is 617. The summed E-state index contributed by atoms with van der Waals surface area (Å²) in [6.45, 7) is 3.15. The van der Waals surface area contributed by atoms with Crippen LogP contribution in [-0.4, -0.2) is 34.8 Å². The Hall–Kier alpha value is -1.92. The van der Waals surface area contributed by atoms with Crippen molar-refractivity contribution in [1.29, 1.82) is 0 Å². The molecule has 0 aromatic carbocycles. The summed E-state index contributed by atoms with van der Waals surface area (Å²) in [7, 11) is 0. The van der Waals surface area contributed by atoms with Crippen molar-refractivity contribution in [1.82, 2.24) is 9.38 Å². The molecule has 2 aromatic heterocycles. The fourth-order valence-electron chi connectivity index (χ4n) is 2.25. The summed E-state index contributed by atoms with van der Waals surface area (Å²) in [6, 6.07) is 5.76. The SMILES string of the molecule is Cc1c(NC(=O)CCC2OCCO2)nc2ccccn12. The number of carbonyl (C=O) groups excluding carboxylic acids is 1. The first-order valence-corrected chi connectivity index (χ1v) is 6.71. The summed E-state index contributed by atoms with van der Waals surface area (Å²) in [6.07, 6.45) is 2.60. The standard InChI is InChI=1S/C14H17N3O3/c1-10-14(15-11-4-2-3-7-17(10)11)16-12(18)5-6-13-19-8-9-20-13/h2-4,7,13H,5-6,8-9H2,1H3,(H,16,18). The van der Waals surface area contributed by atoms with Gasteiger partial charge >= 0.3 is 0 Å². The maximum Gasteiger partial charge on any atom is 0.225 e. The van der Waals surface area contributed by atoms with Gasteiger partial charge in [-0.15, -0.1) is 0 Å². The van der Waals surface area contributed by atoms with Crippen LogP contribution in [0.1, 0.15) is 18.5 Å². The van der Waals surface area contributed by atoms with Gasteiger partial charge in [0.05, 0.1) is 18.9 Å². The summed E-state index contributed by atoms with van der Waals surface area (Å²) in [4.78, 5) is 16.3. The minimum absolute atomic E-state index is 0.0735. The lowest BCUT2D eigenvalue weighted by molar-refractivity contribution is -0.118. The Kier molecular flexibility index (Phi) is 3.66. The van der Waals surface area contributed by atoms with Crippen LogP contribution in [-0.2, 0) is 14.3 Å². The van der Waals surface area contributed by atoms with E-state index in [4.69, 9.17) is 9.47 Å². The van der Waals surface area contributed by atoms with Gasteiger partial charge in [-0.25, -0.2) is 4.98 Å². The highest BCUT2D eigenvalue weighted by Crippen LogP contribution is 2.17. The third-order valence-corrected chi connectivity index (χ3v) is 3.32. The number of ether oxygens (including phenoxy) is 2. The van der Waals surface area contributed by atoms with Crippen molar-refractivity contribution in [3.05, 3.63) is 30.1 Å². The third kappa shape index (κ3) is 2.66. The molecule has 6 heteroatoms. The van der Waals surface area contributed by atoms with E-state index in [0.29, 0.717) is 31.9 Å². The molecular weight excluding hydrogens is 258 g/mol. The van der Waals surface area contributed by atoms with E-state index in [1.807, 2.05) is 35.7 Å². The summed E-state index contributed by atoms with van der Waals surface area (Å²) < 4.78 is 12.5. The molecule has 1 aliphatic rings. The first kappa shape index (κ1) is 13.1. The molecule has 106 valence electrons. The zero-order chi connectivity index (χ0) is 13.9. The average molecular weight is 275 g/mol. The van der Waals surface area contributed by atoms with Gasteiger partial charge in [-0.1, -0.05) is 6.07 Å². The molecule has 3 heterocycles. The summed E-state index contributed by atoms with van der Waals surface area (Å²) >= 11 is 0. The van der Waals surface area contributed by atoms with Crippen molar-refractivity contribution in [3.8, 4) is 0 Å². The second kappa shape index (κ2) is 5.60. The molecule has 0 saturated carbocycles. The van der Waals surface area contributed by atoms with E-state index < -0.39 is 0 Å². The van der Waals surface area contributed by atoms with Crippen LogP contribution in [0, 0.1) is 6.92 Å². The number of hydrogen-bond acceptors (Lipinski definition) is 4. The van der Waals surface area contributed by atoms with E-state index in [0.717, 1.165) is 11.3 Å². The van der Waals surface area contributed by atoms with E-state index in [2.05, 4.69) is 10.3 Å². The predicted octanol–water partition coefficient (Wildman–Crippen LogP) is 1.73. The quantitative estimate of drug-likeness (QED) is 0.923. The summed E-state index contributed by atoms with van der Waals surface area (Å²) in [5.74, 6) is 0.532. The maximum absolute atomic E-state index is 11.9. The second-order valence-corrected chi connectivity index (χ2v) is 4.73. The number of hydrogen-bond donors (Lipinski definition) is 1. The molecule has 0 unspecified atom stereocenters. The van der Waals surface area contributed by atoms with Crippen molar-refractivity contribution >= 4 is 17.4 Å². The minimum atomic E-state index is -0.247. The molecular formula is C14H17N3O3. The first-order chi connectivity index (χ1) is 9.74. The number of pyridine rings is 1. The molecule has 0 aliphatic carbocycles. The summed E-state index contributed by atoms with van der Waals surface area (Å²) in [5.41, 5.74) is 1.74. The number of rotatable bonds is 4. The molecule has 0 radical (unpaired) electrons. The molecule has 1 saturated heterocycles. The Labute approximate surface area is 116 Å². The Morgan fingerprint density at radius 2 is 2.25 bits per heavy atom. The van der Waals surface area contributed by atoms with Crippen LogP contribution in [0.15, 0.2) is 24.4 Å². The van der Waals surface area contributed by atoms with Gasteiger partial charge < -0.3 is 19.2 Å². The number of amides is 1. The Morgan fingerprint density at radius 3 is 3.00 bits per heavy atom. The van der Waals surface area contributed by atoms with Crippen molar-refractivity contribution < 1.29 is 14.3 Å². The predicted molar refractivity (Wildman–Crippen MR) is 73.5 cm³/mol. The number of fused-ring (bicyclic) bond motifs is 1. The molecule has 6 nitrogen and oxygen atoms in total. The van der Waals surface area contributed by atoms with Crippen molar-refractivity contribution in [2.24, 2.45) is 0 Å². The van der Waals surface area contributed by atoms with Gasteiger partial charge in [0.2, 0.25) is 5.91 Å². The fourth-order valence-corrected chi connectivity index (χ4v) is 2.25. The topological polar surface area (TPSA) is 64.9 Å². The number of nitrogens with one attached hydrogen (secondary N) is 1. The molecule has 1 N–H and O–H groups in total. The maximum atomic E-state index is 11.9. The van der Waals surface area contributed by atoms with Crippen LogP contribution < -0.4 is 5.32 Å². The van der Waals surface area contributed by atoms with E-state index in [1.165, 1.54) is 0 Å². The van der Waals surface area contributed by atoms with Gasteiger partial charge in [0.1, 0.15) is 5.65 Å². The van der Waals surface area contributed by atoms with Crippen LogP contribution in [0.3, 0.4) is 0 Å². The number of imidazole rings is 1. The highest BCUT2D eigenvalue weighted by molar-refractivity contribution is 5.90. The molecule has 0 spiro atoms. The highest BCUT2D eigenvalue weighted by Gasteiger charge is 2.18. The number of aromatic nitrogens is 2. The van der Waals surface area contributed by atoms with Crippen LogP contribution in [0.25, 0.3) is 5.65 Å². The lowest BCUT2D eigenvalue weighted by Gasteiger charge is -2.08. The first-order valence-electron chi connectivity index (χ1n) is 6.71. The molecule has 0 atom stereocenters. The normalized spacial score (nSPS) is 15.8. The fraction of sp³-hybridized carbons (Fsp3) is 0.429. The number of nitrogens with zero attached hydrogens (tertiary/aromatic N) is 2. The van der Waals surface area contributed by atoms with Crippen molar-refractivity contribution in [2.45, 2.75) is 26.1 Å². The lowest BCUT2D eigenvalue weighted by atomic mass is 10.3. The van der Waals surface area contributed by atoms with Gasteiger partial charge in [-0.3, -0.25) is 4.79 Å². The number of anilines is 1. The number of carbonyl (C=O) groups is 1. The average Bonchev–Trinajstić information content (AvgIpc) is 3.07. The third-order valence-electron chi connectivity index (χ3n) is 3.32. The Balaban J connectivity index is 1.63. The van der Waals surface area contributed by atoms with Gasteiger partial charge in [-0.05, 0) is 19.1 Å². The van der Waals surface area contributed by atoms with Crippen LogP contribution in [0.5, 0.6) is 0 Å². The van der Waals surface area contributed by atoms with Gasteiger partial charge in [0, 0.05) is 19.0 Å². The van der Waals surface area contributed by atoms with Gasteiger partial charge in [-0.2, -0.15) is 0 Å². The van der Waals surface area contributed by atoms with Crippen molar-refractivity contribution in [3.63, 3.8) is 0 Å². The van der Waals surface area contributed by atoms with Crippen LogP contribution in [0.2, 0.25) is 0 Å².